The van der Waals surface area contributed by atoms with E-state index in [2.05, 4.69) is 23.7 Å². The van der Waals surface area contributed by atoms with E-state index in [1.807, 2.05) is 0 Å². The van der Waals surface area contributed by atoms with Crippen molar-refractivity contribution in [3.05, 3.63) is 21.9 Å². The van der Waals surface area contributed by atoms with Crippen LogP contribution in [0.25, 0.3) is 0 Å². The third-order valence-corrected chi connectivity index (χ3v) is 6.38. The number of nitrogens with one attached hydrogen (secondary N) is 1. The normalized spacial score (nSPS) is 26.4. The van der Waals surface area contributed by atoms with E-state index in [1.54, 1.807) is 11.3 Å². The van der Waals surface area contributed by atoms with Crippen molar-refractivity contribution in [2.45, 2.75) is 51.4 Å². The number of amides is 1. The molecule has 0 aliphatic heterocycles. The van der Waals surface area contributed by atoms with Crippen molar-refractivity contribution in [1.29, 1.82) is 0 Å². The van der Waals surface area contributed by atoms with Crippen LogP contribution in [0.1, 0.15) is 54.9 Å². The maximum atomic E-state index is 12.3. The lowest BCUT2D eigenvalue weighted by Crippen LogP contribution is -2.44. The van der Waals surface area contributed by atoms with E-state index in [0.29, 0.717) is 18.8 Å². The summed E-state index contributed by atoms with van der Waals surface area (Å²) in [5.74, 6) is -0.350. The molecule has 1 aromatic heterocycles. The molecule has 2 aliphatic rings. The first kappa shape index (κ1) is 15.5. The molecule has 0 spiro atoms. The van der Waals surface area contributed by atoms with Crippen molar-refractivity contribution in [3.8, 4) is 0 Å². The monoisotopic (exact) mass is 321 g/mol. The second kappa shape index (κ2) is 6.03. The lowest BCUT2D eigenvalue weighted by molar-refractivity contribution is -0.151. The van der Waals surface area contributed by atoms with Crippen molar-refractivity contribution >= 4 is 23.2 Å². The minimum Gasteiger partial charge on any atom is -0.481 e. The van der Waals surface area contributed by atoms with Crippen LogP contribution in [0.2, 0.25) is 0 Å². The lowest BCUT2D eigenvalue weighted by Gasteiger charge is -2.33. The van der Waals surface area contributed by atoms with E-state index >= 15 is 0 Å². The van der Waals surface area contributed by atoms with Crippen molar-refractivity contribution in [2.75, 3.05) is 6.54 Å². The number of aliphatic carboxylic acids is 1. The van der Waals surface area contributed by atoms with Crippen molar-refractivity contribution in [1.82, 2.24) is 5.32 Å². The summed E-state index contributed by atoms with van der Waals surface area (Å²) in [5, 5.41) is 14.5. The third kappa shape index (κ3) is 2.91. The van der Waals surface area contributed by atoms with Gasteiger partial charge in [0.05, 0.1) is 5.41 Å². The van der Waals surface area contributed by atoms with Gasteiger partial charge in [-0.2, -0.15) is 0 Å². The van der Waals surface area contributed by atoms with Crippen molar-refractivity contribution in [2.24, 2.45) is 11.3 Å². The SMILES string of the molecule is Cc1ccsc1C1CC1C(=O)NCC1(C(=O)O)CCCCC1. The van der Waals surface area contributed by atoms with Crippen LogP contribution < -0.4 is 5.32 Å². The van der Waals surface area contributed by atoms with Gasteiger partial charge in [-0.05, 0) is 43.2 Å². The van der Waals surface area contributed by atoms with E-state index in [-0.39, 0.29) is 18.4 Å². The van der Waals surface area contributed by atoms with Gasteiger partial charge in [-0.15, -0.1) is 11.3 Å². The predicted octanol–water partition coefficient (Wildman–Crippen LogP) is 3.31. The highest BCUT2D eigenvalue weighted by Crippen LogP contribution is 2.50. The van der Waals surface area contributed by atoms with Gasteiger partial charge < -0.3 is 10.4 Å². The molecule has 2 aliphatic carbocycles. The first-order chi connectivity index (χ1) is 10.5. The molecule has 22 heavy (non-hydrogen) atoms. The van der Waals surface area contributed by atoms with E-state index in [0.717, 1.165) is 25.7 Å². The number of carbonyl (C=O) groups excluding carboxylic acids is 1. The minimum absolute atomic E-state index is 0.0315. The molecule has 1 heterocycles. The van der Waals surface area contributed by atoms with Crippen LogP contribution in [0.3, 0.4) is 0 Å². The van der Waals surface area contributed by atoms with Gasteiger partial charge in [0.1, 0.15) is 0 Å². The largest absolute Gasteiger partial charge is 0.481 e. The molecule has 0 bridgehead atoms. The van der Waals surface area contributed by atoms with Crippen LogP contribution in [0.15, 0.2) is 11.4 Å². The molecule has 2 fully saturated rings. The maximum Gasteiger partial charge on any atom is 0.311 e. The molecule has 2 atom stereocenters. The van der Waals surface area contributed by atoms with Gasteiger partial charge in [0, 0.05) is 23.3 Å². The van der Waals surface area contributed by atoms with Gasteiger partial charge in [-0.1, -0.05) is 19.3 Å². The van der Waals surface area contributed by atoms with Crippen LogP contribution in [0.4, 0.5) is 0 Å². The quantitative estimate of drug-likeness (QED) is 0.874. The fraction of sp³-hybridized carbons (Fsp3) is 0.647. The molecule has 0 radical (unpaired) electrons. The Kier molecular flexibility index (Phi) is 4.26. The zero-order chi connectivity index (χ0) is 15.7. The highest BCUT2D eigenvalue weighted by Gasteiger charge is 2.46. The summed E-state index contributed by atoms with van der Waals surface area (Å²) in [4.78, 5) is 25.3. The molecule has 0 saturated heterocycles. The summed E-state index contributed by atoms with van der Waals surface area (Å²) in [5.41, 5.74) is 0.525. The second-order valence-electron chi connectivity index (χ2n) is 6.78. The van der Waals surface area contributed by atoms with Crippen molar-refractivity contribution in [3.63, 3.8) is 0 Å². The molecular formula is C17H23NO3S. The molecule has 0 aromatic carbocycles. The summed E-state index contributed by atoms with van der Waals surface area (Å²) < 4.78 is 0. The highest BCUT2D eigenvalue weighted by atomic mass is 32.1. The molecule has 120 valence electrons. The van der Waals surface area contributed by atoms with Gasteiger partial charge in [-0.3, -0.25) is 9.59 Å². The Bertz CT molecular complexity index is 574. The summed E-state index contributed by atoms with van der Waals surface area (Å²) in [6.45, 7) is 2.37. The zero-order valence-electron chi connectivity index (χ0n) is 12.9. The number of thiophene rings is 1. The Morgan fingerprint density at radius 1 is 1.36 bits per heavy atom. The standard InChI is InChI=1S/C17H23NO3S/c1-11-5-8-22-14(11)12-9-13(12)15(19)18-10-17(16(20)21)6-3-2-4-7-17/h5,8,12-13H,2-4,6-7,9-10H2,1H3,(H,18,19)(H,20,21). The summed E-state index contributed by atoms with van der Waals surface area (Å²) in [6.07, 6.45) is 5.26. The van der Waals surface area contributed by atoms with E-state index in [4.69, 9.17) is 0 Å². The molecule has 4 nitrogen and oxygen atoms in total. The smallest absolute Gasteiger partial charge is 0.311 e. The fourth-order valence-electron chi connectivity index (χ4n) is 3.62. The van der Waals surface area contributed by atoms with Gasteiger partial charge in [0.2, 0.25) is 5.91 Å². The minimum atomic E-state index is -0.756. The molecule has 2 saturated carbocycles. The molecule has 3 rings (SSSR count). The first-order valence-electron chi connectivity index (χ1n) is 8.09. The number of rotatable bonds is 5. The van der Waals surface area contributed by atoms with Crippen LogP contribution in [-0.2, 0) is 9.59 Å². The highest BCUT2D eigenvalue weighted by molar-refractivity contribution is 7.10. The number of aryl methyl sites for hydroxylation is 1. The molecule has 5 heteroatoms. The van der Waals surface area contributed by atoms with E-state index in [1.165, 1.54) is 10.4 Å². The molecule has 2 unspecified atom stereocenters. The number of hydrogen-bond acceptors (Lipinski definition) is 3. The number of carboxylic acid groups (broad SMARTS) is 1. The molecular weight excluding hydrogens is 298 g/mol. The van der Waals surface area contributed by atoms with Gasteiger partial charge in [-0.25, -0.2) is 0 Å². The van der Waals surface area contributed by atoms with Crippen LogP contribution >= 0.6 is 11.3 Å². The predicted molar refractivity (Wildman–Crippen MR) is 86.1 cm³/mol. The molecule has 2 N–H and O–H groups in total. The Labute approximate surface area is 134 Å². The summed E-state index contributed by atoms with van der Waals surface area (Å²) in [7, 11) is 0. The average Bonchev–Trinajstić information content (AvgIpc) is 3.20. The van der Waals surface area contributed by atoms with Gasteiger partial charge >= 0.3 is 5.97 Å². The number of carbonyl (C=O) groups is 2. The Morgan fingerprint density at radius 2 is 2.09 bits per heavy atom. The fourth-order valence-corrected chi connectivity index (χ4v) is 4.73. The van der Waals surface area contributed by atoms with E-state index in [9.17, 15) is 14.7 Å². The molecule has 1 aromatic rings. The Morgan fingerprint density at radius 3 is 2.68 bits per heavy atom. The van der Waals surface area contributed by atoms with Gasteiger partial charge in [0.15, 0.2) is 0 Å². The second-order valence-corrected chi connectivity index (χ2v) is 7.73. The lowest BCUT2D eigenvalue weighted by atomic mass is 9.74. The first-order valence-corrected chi connectivity index (χ1v) is 8.96. The third-order valence-electron chi connectivity index (χ3n) is 5.23. The molecule has 1 amide bonds. The zero-order valence-corrected chi connectivity index (χ0v) is 13.7. The Balaban J connectivity index is 1.57. The van der Waals surface area contributed by atoms with Crippen LogP contribution in [0.5, 0.6) is 0 Å². The maximum absolute atomic E-state index is 12.3. The topological polar surface area (TPSA) is 66.4 Å². The summed E-state index contributed by atoms with van der Waals surface area (Å²) in [6, 6.07) is 2.09. The summed E-state index contributed by atoms with van der Waals surface area (Å²) >= 11 is 1.72. The van der Waals surface area contributed by atoms with Gasteiger partial charge in [0.25, 0.3) is 0 Å². The number of carboxylic acids is 1. The van der Waals surface area contributed by atoms with Crippen molar-refractivity contribution < 1.29 is 14.7 Å². The van der Waals surface area contributed by atoms with E-state index < -0.39 is 11.4 Å². The average molecular weight is 321 g/mol. The number of hydrogen-bond donors (Lipinski definition) is 2. The van der Waals surface area contributed by atoms with Crippen LogP contribution in [0, 0.1) is 18.3 Å². The Hall–Kier alpha value is -1.36. The van der Waals surface area contributed by atoms with Crippen LogP contribution in [-0.4, -0.2) is 23.5 Å².